The number of amides is 1. The van der Waals surface area contributed by atoms with Crippen LogP contribution in [0.3, 0.4) is 0 Å². The zero-order valence-electron chi connectivity index (χ0n) is 9.56. The summed E-state index contributed by atoms with van der Waals surface area (Å²) in [5.41, 5.74) is -1.07. The fourth-order valence-corrected chi connectivity index (χ4v) is 1.26. The highest BCUT2D eigenvalue weighted by atomic mass is 16.4. The van der Waals surface area contributed by atoms with Gasteiger partial charge in [-0.05, 0) is 13.8 Å². The number of nitrogens with zero attached hydrogens (tertiary/aromatic N) is 1. The Hall–Kier alpha value is -1.89. The molecule has 0 fully saturated rings. The quantitative estimate of drug-likeness (QED) is 0.666. The second-order valence-electron chi connectivity index (χ2n) is 4.02. The fourth-order valence-electron chi connectivity index (χ4n) is 1.26. The maximum absolute atomic E-state index is 11.6. The van der Waals surface area contributed by atoms with E-state index in [0.717, 1.165) is 6.39 Å². The normalized spacial score (nSPS) is 14.1. The van der Waals surface area contributed by atoms with Crippen molar-refractivity contribution in [2.45, 2.75) is 25.9 Å². The van der Waals surface area contributed by atoms with Gasteiger partial charge in [0.1, 0.15) is 0 Å². The molecule has 1 unspecified atom stereocenters. The van der Waals surface area contributed by atoms with Crippen LogP contribution in [0.5, 0.6) is 0 Å². The lowest BCUT2D eigenvalue weighted by Gasteiger charge is -2.20. The minimum atomic E-state index is -1.50. The van der Waals surface area contributed by atoms with E-state index in [0.29, 0.717) is 5.69 Å². The van der Waals surface area contributed by atoms with Gasteiger partial charge in [0.2, 0.25) is 5.76 Å². The molecule has 3 N–H and O–H groups in total. The zero-order chi connectivity index (χ0) is 13.1. The number of carbonyl (C=O) groups is 2. The largest absolute Gasteiger partial charge is 0.481 e. The molecule has 1 amide bonds. The number of carbonyl (C=O) groups excluding carboxylic acids is 1. The first kappa shape index (κ1) is 13.2. The smallest absolute Gasteiger partial charge is 0.306 e. The first-order chi connectivity index (χ1) is 7.82. The Kier molecular flexibility index (Phi) is 3.84. The summed E-state index contributed by atoms with van der Waals surface area (Å²) in [5, 5.41) is 20.6. The van der Waals surface area contributed by atoms with Crippen LogP contribution in [-0.4, -0.2) is 39.2 Å². The average Bonchev–Trinajstić information content (AvgIpc) is 2.59. The summed E-state index contributed by atoms with van der Waals surface area (Å²) >= 11 is 0. The van der Waals surface area contributed by atoms with Crippen LogP contribution in [-0.2, 0) is 4.79 Å². The molecule has 1 aromatic heterocycles. The number of hydrogen-bond donors (Lipinski definition) is 3. The van der Waals surface area contributed by atoms with Gasteiger partial charge in [0.05, 0.1) is 17.7 Å². The molecule has 1 atom stereocenters. The monoisotopic (exact) mass is 242 g/mol. The highest BCUT2D eigenvalue weighted by Crippen LogP contribution is 2.09. The molecule has 1 aromatic rings. The molecule has 0 bridgehead atoms. The number of carboxylic acids is 1. The van der Waals surface area contributed by atoms with E-state index in [4.69, 9.17) is 9.52 Å². The predicted octanol–water partition coefficient (Wildman–Crippen LogP) is -0.0615. The second-order valence-corrected chi connectivity index (χ2v) is 4.02. The first-order valence-electron chi connectivity index (χ1n) is 4.94. The van der Waals surface area contributed by atoms with Crippen molar-refractivity contribution in [3.63, 3.8) is 0 Å². The Labute approximate surface area is 97.5 Å². The number of aromatic nitrogens is 1. The Morgan fingerprint density at radius 2 is 2.24 bits per heavy atom. The van der Waals surface area contributed by atoms with E-state index in [1.165, 1.54) is 6.92 Å². The molecule has 7 nitrogen and oxygen atoms in total. The number of rotatable bonds is 5. The van der Waals surface area contributed by atoms with Crippen molar-refractivity contribution >= 4 is 11.9 Å². The summed E-state index contributed by atoms with van der Waals surface area (Å²) in [6.45, 7) is 2.75. The zero-order valence-corrected chi connectivity index (χ0v) is 9.56. The highest BCUT2D eigenvalue weighted by molar-refractivity contribution is 5.92. The average molecular weight is 242 g/mol. The van der Waals surface area contributed by atoms with E-state index in [1.54, 1.807) is 6.92 Å². The Morgan fingerprint density at radius 3 is 2.71 bits per heavy atom. The van der Waals surface area contributed by atoms with Crippen LogP contribution in [0, 0.1) is 6.92 Å². The van der Waals surface area contributed by atoms with Gasteiger partial charge in [-0.2, -0.15) is 0 Å². The van der Waals surface area contributed by atoms with Crippen LogP contribution in [0.25, 0.3) is 0 Å². The molecule has 0 aliphatic heterocycles. The lowest BCUT2D eigenvalue weighted by molar-refractivity contribution is -0.141. The molecule has 0 aliphatic rings. The molecule has 7 heteroatoms. The minimum absolute atomic E-state index is 0.0520. The number of hydrogen-bond acceptors (Lipinski definition) is 5. The van der Waals surface area contributed by atoms with Gasteiger partial charge in [-0.25, -0.2) is 4.98 Å². The maximum atomic E-state index is 11.6. The third kappa shape index (κ3) is 3.87. The standard InChI is InChI=1S/C10H14N2O5/c1-6-8(17-5-12-6)9(15)11-4-10(2,16)3-7(13)14/h5,16H,3-4H2,1-2H3,(H,11,15)(H,13,14). The molecule has 0 aliphatic carbocycles. The van der Waals surface area contributed by atoms with Crippen molar-refractivity contribution in [2.75, 3.05) is 6.54 Å². The van der Waals surface area contributed by atoms with Gasteiger partial charge in [0.15, 0.2) is 6.39 Å². The van der Waals surface area contributed by atoms with Gasteiger partial charge in [-0.3, -0.25) is 9.59 Å². The molecule has 1 heterocycles. The molecule has 0 spiro atoms. The van der Waals surface area contributed by atoms with E-state index in [-0.39, 0.29) is 12.3 Å². The number of nitrogens with one attached hydrogen (secondary N) is 1. The molecule has 0 radical (unpaired) electrons. The lowest BCUT2D eigenvalue weighted by atomic mass is 10.0. The third-order valence-corrected chi connectivity index (χ3v) is 2.11. The van der Waals surface area contributed by atoms with Crippen molar-refractivity contribution in [3.05, 3.63) is 17.8 Å². The van der Waals surface area contributed by atoms with Gasteiger partial charge in [0, 0.05) is 6.54 Å². The summed E-state index contributed by atoms with van der Waals surface area (Å²) in [5.74, 6) is -1.62. The minimum Gasteiger partial charge on any atom is -0.481 e. The van der Waals surface area contributed by atoms with Crippen molar-refractivity contribution in [3.8, 4) is 0 Å². The third-order valence-electron chi connectivity index (χ3n) is 2.11. The van der Waals surface area contributed by atoms with Crippen LogP contribution < -0.4 is 5.32 Å². The Morgan fingerprint density at radius 1 is 1.59 bits per heavy atom. The Balaban J connectivity index is 2.54. The van der Waals surface area contributed by atoms with Crippen LogP contribution in [0.2, 0.25) is 0 Å². The van der Waals surface area contributed by atoms with Crippen molar-refractivity contribution in [2.24, 2.45) is 0 Å². The van der Waals surface area contributed by atoms with Gasteiger partial charge in [-0.1, -0.05) is 0 Å². The predicted molar refractivity (Wildman–Crippen MR) is 56.4 cm³/mol. The summed E-state index contributed by atoms with van der Waals surface area (Å²) in [7, 11) is 0. The van der Waals surface area contributed by atoms with E-state index in [2.05, 4.69) is 10.3 Å². The van der Waals surface area contributed by atoms with Crippen LogP contribution in [0.1, 0.15) is 29.6 Å². The summed E-state index contributed by atoms with van der Waals surface area (Å²) in [6.07, 6.45) is 0.683. The topological polar surface area (TPSA) is 113 Å². The lowest BCUT2D eigenvalue weighted by Crippen LogP contribution is -2.42. The van der Waals surface area contributed by atoms with Crippen LogP contribution in [0.15, 0.2) is 10.8 Å². The molecule has 1 rings (SSSR count). The van der Waals surface area contributed by atoms with Gasteiger partial charge < -0.3 is 19.9 Å². The number of aliphatic carboxylic acids is 1. The van der Waals surface area contributed by atoms with Gasteiger partial charge >= 0.3 is 5.97 Å². The van der Waals surface area contributed by atoms with Crippen LogP contribution in [0.4, 0.5) is 0 Å². The summed E-state index contributed by atoms with van der Waals surface area (Å²) in [4.78, 5) is 25.7. The molecule has 94 valence electrons. The van der Waals surface area contributed by atoms with Gasteiger partial charge in [0.25, 0.3) is 5.91 Å². The first-order valence-corrected chi connectivity index (χ1v) is 4.94. The van der Waals surface area contributed by atoms with Crippen molar-refractivity contribution in [1.82, 2.24) is 10.3 Å². The number of aliphatic hydroxyl groups is 1. The number of aryl methyl sites for hydroxylation is 1. The second kappa shape index (κ2) is 4.96. The number of oxazole rings is 1. The number of carboxylic acid groups (broad SMARTS) is 1. The summed E-state index contributed by atoms with van der Waals surface area (Å²) in [6, 6.07) is 0. The Bertz CT molecular complexity index is 424. The molecule has 0 saturated heterocycles. The molecular weight excluding hydrogens is 228 g/mol. The van der Waals surface area contributed by atoms with Crippen LogP contribution >= 0.6 is 0 Å². The van der Waals surface area contributed by atoms with Crippen molar-refractivity contribution < 1.29 is 24.2 Å². The fraction of sp³-hybridized carbons (Fsp3) is 0.500. The summed E-state index contributed by atoms with van der Waals surface area (Å²) < 4.78 is 4.85. The SMILES string of the molecule is Cc1ncoc1C(=O)NCC(C)(O)CC(=O)O. The van der Waals surface area contributed by atoms with E-state index >= 15 is 0 Å². The molecular formula is C10H14N2O5. The van der Waals surface area contributed by atoms with E-state index < -0.39 is 23.9 Å². The molecule has 0 saturated carbocycles. The highest BCUT2D eigenvalue weighted by Gasteiger charge is 2.26. The van der Waals surface area contributed by atoms with Gasteiger partial charge in [-0.15, -0.1) is 0 Å². The van der Waals surface area contributed by atoms with E-state index in [1.807, 2.05) is 0 Å². The van der Waals surface area contributed by atoms with Crippen molar-refractivity contribution in [1.29, 1.82) is 0 Å². The van der Waals surface area contributed by atoms with E-state index in [9.17, 15) is 14.7 Å². The maximum Gasteiger partial charge on any atom is 0.306 e. The molecule has 0 aromatic carbocycles. The molecule has 17 heavy (non-hydrogen) atoms.